The minimum Gasteiger partial charge on any atom is -0.453 e. The second-order valence-corrected chi connectivity index (χ2v) is 6.39. The number of carbonyl (C=O) groups excluding carboxylic acids is 2. The van der Waals surface area contributed by atoms with Gasteiger partial charge in [-0.05, 0) is 57.4 Å². The fourth-order valence-corrected chi connectivity index (χ4v) is 3.26. The summed E-state index contributed by atoms with van der Waals surface area (Å²) in [5.41, 5.74) is 3.09. The lowest BCUT2D eigenvalue weighted by atomic mass is 9.96. The largest absolute Gasteiger partial charge is 0.453 e. The average Bonchev–Trinajstić information content (AvgIpc) is 2.64. The molecule has 0 radical (unpaired) electrons. The molecule has 6 heteroatoms. The summed E-state index contributed by atoms with van der Waals surface area (Å²) >= 11 is 0. The molecule has 0 saturated carbocycles. The maximum atomic E-state index is 12.5. The fourth-order valence-electron chi connectivity index (χ4n) is 3.26. The van der Waals surface area contributed by atoms with Gasteiger partial charge >= 0.3 is 6.09 Å². The highest BCUT2D eigenvalue weighted by molar-refractivity contribution is 5.93. The molecule has 0 atom stereocenters. The standard InChI is InChI=1S/C19H29N3O3/c1-5-21(6-2)16-7-8-17(14(3)13-16)20-18(23)15-9-11-22(12-10-15)19(24)25-4/h7-8,13,15H,5-6,9-12H2,1-4H3,(H,20,23). The van der Waals surface area contributed by atoms with E-state index in [-0.39, 0.29) is 17.9 Å². The minimum atomic E-state index is -0.318. The first-order chi connectivity index (χ1) is 12.0. The molecule has 138 valence electrons. The summed E-state index contributed by atoms with van der Waals surface area (Å²) < 4.78 is 4.73. The van der Waals surface area contributed by atoms with Crippen LogP contribution in [0, 0.1) is 12.8 Å². The Morgan fingerprint density at radius 2 is 1.88 bits per heavy atom. The molecule has 1 N–H and O–H groups in total. The summed E-state index contributed by atoms with van der Waals surface area (Å²) in [4.78, 5) is 28.0. The van der Waals surface area contributed by atoms with Crippen LogP contribution in [0.15, 0.2) is 18.2 Å². The molecule has 1 aliphatic rings. The van der Waals surface area contributed by atoms with Crippen LogP contribution in [0.4, 0.5) is 16.2 Å². The van der Waals surface area contributed by atoms with E-state index in [0.717, 1.165) is 24.3 Å². The summed E-state index contributed by atoms with van der Waals surface area (Å²) in [5.74, 6) is -0.0361. The maximum Gasteiger partial charge on any atom is 0.409 e. The molecule has 2 rings (SSSR count). The zero-order chi connectivity index (χ0) is 18.4. The Labute approximate surface area is 150 Å². The first kappa shape index (κ1) is 19.1. The Hall–Kier alpha value is -2.24. The number of hydrogen-bond donors (Lipinski definition) is 1. The van der Waals surface area contributed by atoms with Gasteiger partial charge in [0.1, 0.15) is 0 Å². The van der Waals surface area contributed by atoms with E-state index in [4.69, 9.17) is 4.74 Å². The summed E-state index contributed by atoms with van der Waals surface area (Å²) in [6, 6.07) is 6.14. The van der Waals surface area contributed by atoms with Crippen LogP contribution >= 0.6 is 0 Å². The molecule has 1 heterocycles. The van der Waals surface area contributed by atoms with Gasteiger partial charge in [-0.2, -0.15) is 0 Å². The predicted molar refractivity (Wildman–Crippen MR) is 100 cm³/mol. The van der Waals surface area contributed by atoms with Gasteiger partial charge in [0, 0.05) is 43.5 Å². The second-order valence-electron chi connectivity index (χ2n) is 6.39. The number of carbonyl (C=O) groups is 2. The number of ether oxygens (including phenoxy) is 1. The number of rotatable bonds is 5. The van der Waals surface area contributed by atoms with E-state index >= 15 is 0 Å². The van der Waals surface area contributed by atoms with Crippen molar-refractivity contribution in [1.82, 2.24) is 4.90 Å². The number of aryl methyl sites for hydroxylation is 1. The topological polar surface area (TPSA) is 61.9 Å². The molecule has 0 bridgehead atoms. The van der Waals surface area contributed by atoms with Crippen molar-refractivity contribution in [3.63, 3.8) is 0 Å². The van der Waals surface area contributed by atoms with Gasteiger partial charge in [-0.1, -0.05) is 0 Å². The summed E-state index contributed by atoms with van der Waals surface area (Å²) in [6.45, 7) is 9.32. The number of amides is 2. The van der Waals surface area contributed by atoms with Crippen molar-refractivity contribution in [3.8, 4) is 0 Å². The van der Waals surface area contributed by atoms with E-state index in [2.05, 4.69) is 36.2 Å². The quantitative estimate of drug-likeness (QED) is 0.888. The van der Waals surface area contributed by atoms with Crippen molar-refractivity contribution in [2.75, 3.05) is 43.5 Å². The van der Waals surface area contributed by atoms with Crippen molar-refractivity contribution < 1.29 is 14.3 Å². The molecule has 0 unspecified atom stereocenters. The Balaban J connectivity index is 1.96. The number of anilines is 2. The maximum absolute atomic E-state index is 12.5. The average molecular weight is 347 g/mol. The summed E-state index contributed by atoms with van der Waals surface area (Å²) in [6.07, 6.45) is 1.01. The molecule has 0 spiro atoms. The van der Waals surface area contributed by atoms with E-state index in [0.29, 0.717) is 25.9 Å². The molecule has 6 nitrogen and oxygen atoms in total. The van der Waals surface area contributed by atoms with Crippen LogP contribution < -0.4 is 10.2 Å². The highest BCUT2D eigenvalue weighted by Crippen LogP contribution is 2.25. The highest BCUT2D eigenvalue weighted by Gasteiger charge is 2.27. The molecule has 1 fully saturated rings. The van der Waals surface area contributed by atoms with Gasteiger partial charge < -0.3 is 19.9 Å². The minimum absolute atomic E-state index is 0.0307. The molecule has 0 aliphatic carbocycles. The molecular weight excluding hydrogens is 318 g/mol. The fraction of sp³-hybridized carbons (Fsp3) is 0.579. The zero-order valence-corrected chi connectivity index (χ0v) is 15.7. The van der Waals surface area contributed by atoms with Gasteiger partial charge in [-0.15, -0.1) is 0 Å². The second kappa shape index (κ2) is 8.74. The van der Waals surface area contributed by atoms with E-state index in [1.165, 1.54) is 12.8 Å². The van der Waals surface area contributed by atoms with Crippen molar-refractivity contribution in [2.24, 2.45) is 5.92 Å². The number of benzene rings is 1. The molecule has 25 heavy (non-hydrogen) atoms. The summed E-state index contributed by atoms with van der Waals surface area (Å²) in [5, 5.41) is 3.05. The van der Waals surface area contributed by atoms with E-state index in [9.17, 15) is 9.59 Å². The Kier molecular flexibility index (Phi) is 6.67. The molecule has 2 amide bonds. The van der Waals surface area contributed by atoms with Crippen molar-refractivity contribution in [2.45, 2.75) is 33.6 Å². The lowest BCUT2D eigenvalue weighted by Gasteiger charge is -2.30. The molecule has 1 aromatic rings. The molecule has 0 aromatic heterocycles. The van der Waals surface area contributed by atoms with E-state index in [1.807, 2.05) is 13.0 Å². The Morgan fingerprint density at radius 1 is 1.24 bits per heavy atom. The van der Waals surface area contributed by atoms with E-state index in [1.54, 1.807) is 4.90 Å². The van der Waals surface area contributed by atoms with Gasteiger partial charge in [-0.3, -0.25) is 4.79 Å². The predicted octanol–water partition coefficient (Wildman–Crippen LogP) is 3.26. The first-order valence-electron chi connectivity index (χ1n) is 8.99. The molecular formula is C19H29N3O3. The van der Waals surface area contributed by atoms with Crippen LogP contribution in [0.5, 0.6) is 0 Å². The SMILES string of the molecule is CCN(CC)c1ccc(NC(=O)C2CCN(C(=O)OC)CC2)c(C)c1. The smallest absolute Gasteiger partial charge is 0.409 e. The van der Waals surface area contributed by atoms with Crippen LogP contribution in [0.25, 0.3) is 0 Å². The third-order valence-corrected chi connectivity index (χ3v) is 4.90. The number of piperidine rings is 1. The molecule has 1 saturated heterocycles. The number of nitrogens with zero attached hydrogens (tertiary/aromatic N) is 2. The van der Waals surface area contributed by atoms with Crippen molar-refractivity contribution >= 4 is 23.4 Å². The van der Waals surface area contributed by atoms with Crippen LogP contribution in [0.3, 0.4) is 0 Å². The van der Waals surface area contributed by atoms with Gasteiger partial charge in [0.25, 0.3) is 0 Å². The highest BCUT2D eigenvalue weighted by atomic mass is 16.5. The number of likely N-dealkylation sites (tertiary alicyclic amines) is 1. The van der Waals surface area contributed by atoms with Crippen LogP contribution in [0.2, 0.25) is 0 Å². The van der Waals surface area contributed by atoms with Gasteiger partial charge in [0.05, 0.1) is 7.11 Å². The Morgan fingerprint density at radius 3 is 2.40 bits per heavy atom. The van der Waals surface area contributed by atoms with Crippen LogP contribution in [-0.4, -0.2) is 50.2 Å². The molecule has 1 aromatic carbocycles. The molecule has 1 aliphatic heterocycles. The van der Waals surface area contributed by atoms with E-state index < -0.39 is 0 Å². The summed E-state index contributed by atoms with van der Waals surface area (Å²) in [7, 11) is 1.38. The number of methoxy groups -OCH3 is 1. The lowest BCUT2D eigenvalue weighted by Crippen LogP contribution is -2.41. The third-order valence-electron chi connectivity index (χ3n) is 4.90. The van der Waals surface area contributed by atoms with Crippen LogP contribution in [-0.2, 0) is 9.53 Å². The number of hydrogen-bond acceptors (Lipinski definition) is 4. The monoisotopic (exact) mass is 347 g/mol. The lowest BCUT2D eigenvalue weighted by molar-refractivity contribution is -0.121. The Bertz CT molecular complexity index is 606. The van der Waals surface area contributed by atoms with Crippen molar-refractivity contribution in [3.05, 3.63) is 23.8 Å². The third kappa shape index (κ3) is 4.65. The zero-order valence-electron chi connectivity index (χ0n) is 15.7. The van der Waals surface area contributed by atoms with Gasteiger partial charge in [-0.25, -0.2) is 4.79 Å². The van der Waals surface area contributed by atoms with Crippen molar-refractivity contribution in [1.29, 1.82) is 0 Å². The first-order valence-corrected chi connectivity index (χ1v) is 8.99. The van der Waals surface area contributed by atoms with Gasteiger partial charge in [0.2, 0.25) is 5.91 Å². The van der Waals surface area contributed by atoms with Gasteiger partial charge in [0.15, 0.2) is 0 Å². The number of nitrogens with one attached hydrogen (secondary N) is 1. The van der Waals surface area contributed by atoms with Crippen LogP contribution in [0.1, 0.15) is 32.3 Å². The normalized spacial score (nSPS) is 15.0.